The summed E-state index contributed by atoms with van der Waals surface area (Å²) in [6, 6.07) is 19.9. The molecule has 2 aromatic rings. The second-order valence-corrected chi connectivity index (χ2v) is 3.39. The molecule has 0 saturated heterocycles. The second-order valence-electron chi connectivity index (χ2n) is 3.39. The van der Waals surface area contributed by atoms with Crippen molar-refractivity contribution in [3.63, 3.8) is 0 Å². The molecule has 2 N–H and O–H groups in total. The number of hydrogen-bond donors (Lipinski definition) is 1. The number of nitrogen functional groups attached to an aromatic ring is 1. The minimum absolute atomic E-state index is 0.730. The fourth-order valence-electron chi connectivity index (χ4n) is 1.50. The largest absolute Gasteiger partial charge is 0.399 e. The van der Waals surface area contributed by atoms with Crippen LogP contribution in [0.4, 0.5) is 17.1 Å². The molecule has 2 nitrogen and oxygen atoms in total. The number of anilines is 3. The lowest BCUT2D eigenvalue weighted by atomic mass is 10.2. The first kappa shape index (κ1) is 10.1. The summed E-state index contributed by atoms with van der Waals surface area (Å²) in [5, 5.41) is 0. The van der Waals surface area contributed by atoms with Gasteiger partial charge in [0.15, 0.2) is 0 Å². The SMILES string of the molecule is C#CN(c1ccccc1)c1ccc(N)cc1. The van der Waals surface area contributed by atoms with Gasteiger partial charge in [0.25, 0.3) is 0 Å². The summed E-state index contributed by atoms with van der Waals surface area (Å²) in [5.41, 5.74) is 8.27. The van der Waals surface area contributed by atoms with E-state index in [0.717, 1.165) is 17.1 Å². The molecule has 2 aromatic carbocycles. The van der Waals surface area contributed by atoms with Crippen LogP contribution in [0.2, 0.25) is 0 Å². The summed E-state index contributed by atoms with van der Waals surface area (Å²) in [7, 11) is 0. The molecular formula is C14H12N2. The van der Waals surface area contributed by atoms with E-state index in [2.05, 4.69) is 6.04 Å². The predicted octanol–water partition coefficient (Wildman–Crippen LogP) is 3.00. The molecule has 0 unspecified atom stereocenters. The predicted molar refractivity (Wildman–Crippen MR) is 68.3 cm³/mol. The zero-order valence-electron chi connectivity index (χ0n) is 8.80. The van der Waals surface area contributed by atoms with Gasteiger partial charge in [0.1, 0.15) is 0 Å². The fraction of sp³-hybridized carbons (Fsp3) is 0. The Hall–Kier alpha value is -2.40. The normalized spacial score (nSPS) is 9.44. The lowest BCUT2D eigenvalue weighted by Crippen LogP contribution is -2.08. The van der Waals surface area contributed by atoms with Crippen molar-refractivity contribution in [2.24, 2.45) is 0 Å². The van der Waals surface area contributed by atoms with Crippen LogP contribution < -0.4 is 10.6 Å². The molecule has 0 bridgehead atoms. The molecule has 0 radical (unpaired) electrons. The highest BCUT2D eigenvalue weighted by Gasteiger charge is 2.04. The van der Waals surface area contributed by atoms with Gasteiger partial charge in [0.05, 0.1) is 11.4 Å². The zero-order valence-corrected chi connectivity index (χ0v) is 8.80. The number of rotatable bonds is 2. The highest BCUT2D eigenvalue weighted by atomic mass is 15.1. The smallest absolute Gasteiger partial charge is 0.0547 e. The van der Waals surface area contributed by atoms with Crippen molar-refractivity contribution in [3.8, 4) is 12.5 Å². The van der Waals surface area contributed by atoms with Gasteiger partial charge >= 0.3 is 0 Å². The maximum atomic E-state index is 5.64. The van der Waals surface area contributed by atoms with Crippen LogP contribution in [0, 0.1) is 12.5 Å². The molecule has 0 aliphatic carbocycles. The van der Waals surface area contributed by atoms with Crippen molar-refractivity contribution in [2.75, 3.05) is 10.6 Å². The number of terminal acetylenes is 1. The molecule has 2 rings (SSSR count). The first-order valence-corrected chi connectivity index (χ1v) is 4.98. The standard InChI is InChI=1S/C14H12N2/c1-2-16(13-6-4-3-5-7-13)14-10-8-12(15)9-11-14/h1,3-11H,15H2. The third-order valence-electron chi connectivity index (χ3n) is 2.29. The molecule has 0 aromatic heterocycles. The van der Waals surface area contributed by atoms with E-state index in [4.69, 9.17) is 12.2 Å². The van der Waals surface area contributed by atoms with Crippen molar-refractivity contribution in [3.05, 3.63) is 54.6 Å². The van der Waals surface area contributed by atoms with Crippen molar-refractivity contribution < 1.29 is 0 Å². The van der Waals surface area contributed by atoms with Crippen LogP contribution in [-0.4, -0.2) is 0 Å². The van der Waals surface area contributed by atoms with Crippen molar-refractivity contribution in [1.29, 1.82) is 0 Å². The number of benzene rings is 2. The van der Waals surface area contributed by atoms with Gasteiger partial charge in [-0.1, -0.05) is 24.6 Å². The van der Waals surface area contributed by atoms with Crippen molar-refractivity contribution >= 4 is 17.1 Å². The molecule has 0 aliphatic rings. The number of nitrogens with zero attached hydrogens (tertiary/aromatic N) is 1. The highest BCUT2D eigenvalue weighted by molar-refractivity contribution is 5.68. The Morgan fingerprint density at radius 3 is 2.00 bits per heavy atom. The lowest BCUT2D eigenvalue weighted by Gasteiger charge is -2.17. The van der Waals surface area contributed by atoms with Crippen LogP contribution in [0.1, 0.15) is 0 Å². The topological polar surface area (TPSA) is 29.3 Å². The van der Waals surface area contributed by atoms with Gasteiger partial charge in [-0.2, -0.15) is 0 Å². The molecule has 0 heterocycles. The molecule has 0 amide bonds. The Morgan fingerprint density at radius 2 is 1.44 bits per heavy atom. The molecule has 0 aliphatic heterocycles. The van der Waals surface area contributed by atoms with Crippen LogP contribution in [0.3, 0.4) is 0 Å². The second kappa shape index (κ2) is 4.41. The van der Waals surface area contributed by atoms with E-state index in [1.807, 2.05) is 54.6 Å². The molecule has 78 valence electrons. The maximum Gasteiger partial charge on any atom is 0.0547 e. The third kappa shape index (κ3) is 1.99. The first-order chi connectivity index (χ1) is 7.81. The summed E-state index contributed by atoms with van der Waals surface area (Å²) < 4.78 is 0. The summed E-state index contributed by atoms with van der Waals surface area (Å²) in [6.45, 7) is 0. The van der Waals surface area contributed by atoms with E-state index in [-0.39, 0.29) is 0 Å². The van der Waals surface area contributed by atoms with Crippen molar-refractivity contribution in [1.82, 2.24) is 0 Å². The van der Waals surface area contributed by atoms with Gasteiger partial charge in [0.2, 0.25) is 0 Å². The van der Waals surface area contributed by atoms with Gasteiger partial charge in [-0.15, -0.1) is 0 Å². The molecule has 0 saturated carbocycles. The average Bonchev–Trinajstić information content (AvgIpc) is 2.34. The van der Waals surface area contributed by atoms with Gasteiger partial charge in [0, 0.05) is 11.7 Å². The molecule has 16 heavy (non-hydrogen) atoms. The summed E-state index contributed by atoms with van der Waals surface area (Å²) in [5.74, 6) is 0. The Morgan fingerprint density at radius 1 is 0.875 bits per heavy atom. The monoisotopic (exact) mass is 208 g/mol. The third-order valence-corrected chi connectivity index (χ3v) is 2.29. The Labute approximate surface area is 95.3 Å². The number of hydrogen-bond acceptors (Lipinski definition) is 2. The number of para-hydroxylation sites is 1. The van der Waals surface area contributed by atoms with E-state index in [9.17, 15) is 0 Å². The Kier molecular flexibility index (Phi) is 2.79. The average molecular weight is 208 g/mol. The van der Waals surface area contributed by atoms with Crippen LogP contribution in [-0.2, 0) is 0 Å². The minimum Gasteiger partial charge on any atom is -0.399 e. The van der Waals surface area contributed by atoms with E-state index >= 15 is 0 Å². The van der Waals surface area contributed by atoms with Crippen LogP contribution >= 0.6 is 0 Å². The van der Waals surface area contributed by atoms with Crippen LogP contribution in [0.15, 0.2) is 54.6 Å². The highest BCUT2D eigenvalue weighted by Crippen LogP contribution is 2.24. The van der Waals surface area contributed by atoms with E-state index in [1.54, 1.807) is 4.90 Å². The van der Waals surface area contributed by atoms with Crippen LogP contribution in [0.5, 0.6) is 0 Å². The van der Waals surface area contributed by atoms with Gasteiger partial charge in [-0.05, 0) is 36.4 Å². The maximum absolute atomic E-state index is 5.64. The Bertz CT molecular complexity index is 495. The molecule has 0 fully saturated rings. The summed E-state index contributed by atoms with van der Waals surface area (Å²) in [6.07, 6.45) is 5.52. The fourth-order valence-corrected chi connectivity index (χ4v) is 1.50. The van der Waals surface area contributed by atoms with Gasteiger partial charge in [-0.3, -0.25) is 4.90 Å². The van der Waals surface area contributed by atoms with Gasteiger partial charge in [-0.25, -0.2) is 0 Å². The summed E-state index contributed by atoms with van der Waals surface area (Å²) >= 11 is 0. The zero-order chi connectivity index (χ0) is 11.4. The van der Waals surface area contributed by atoms with E-state index < -0.39 is 0 Å². The minimum atomic E-state index is 0.730. The molecule has 0 atom stereocenters. The van der Waals surface area contributed by atoms with Crippen molar-refractivity contribution in [2.45, 2.75) is 0 Å². The first-order valence-electron chi connectivity index (χ1n) is 4.98. The quantitative estimate of drug-likeness (QED) is 0.467. The summed E-state index contributed by atoms with van der Waals surface area (Å²) in [4.78, 5) is 1.78. The molecule has 0 spiro atoms. The lowest BCUT2D eigenvalue weighted by molar-refractivity contribution is 1.33. The molecular weight excluding hydrogens is 196 g/mol. The molecule has 2 heteroatoms. The number of nitrogens with two attached hydrogens (primary N) is 1. The van der Waals surface area contributed by atoms with E-state index in [0.29, 0.717) is 0 Å². The van der Waals surface area contributed by atoms with E-state index in [1.165, 1.54) is 0 Å². The van der Waals surface area contributed by atoms with Gasteiger partial charge < -0.3 is 5.73 Å². The van der Waals surface area contributed by atoms with Crippen LogP contribution in [0.25, 0.3) is 0 Å². The Balaban J connectivity index is 2.38.